The highest BCUT2D eigenvalue weighted by Gasteiger charge is 2.23. The van der Waals surface area contributed by atoms with Crippen LogP contribution in [0.5, 0.6) is 17.2 Å². The molecule has 1 heterocycles. The van der Waals surface area contributed by atoms with E-state index < -0.39 is 0 Å². The Balaban J connectivity index is 2.56. The highest BCUT2D eigenvalue weighted by Crippen LogP contribution is 2.46. The van der Waals surface area contributed by atoms with Gasteiger partial charge in [-0.2, -0.15) is 5.10 Å². The van der Waals surface area contributed by atoms with Gasteiger partial charge in [0.05, 0.1) is 31.9 Å². The monoisotopic (exact) mass is 364 g/mol. The molecule has 0 aromatic heterocycles. The van der Waals surface area contributed by atoms with Crippen LogP contribution in [0.3, 0.4) is 0 Å². The van der Waals surface area contributed by atoms with Crippen LogP contribution in [0.15, 0.2) is 21.6 Å². The summed E-state index contributed by atoms with van der Waals surface area (Å²) in [5, 5.41) is 4.20. The van der Waals surface area contributed by atoms with E-state index >= 15 is 0 Å². The lowest BCUT2D eigenvalue weighted by molar-refractivity contribution is -0.121. The number of amides is 1. The third-order valence-corrected chi connectivity index (χ3v) is 4.85. The van der Waals surface area contributed by atoms with Gasteiger partial charge in [-0.25, -0.2) is 5.43 Å². The zero-order chi connectivity index (χ0) is 18.6. The average Bonchev–Trinajstić information content (AvgIpc) is 2.60. The molecular formula is C18H24N2O4S. The lowest BCUT2D eigenvalue weighted by Gasteiger charge is -2.21. The van der Waals surface area contributed by atoms with Gasteiger partial charge >= 0.3 is 0 Å². The highest BCUT2D eigenvalue weighted by atomic mass is 32.2. The fourth-order valence-electron chi connectivity index (χ4n) is 2.90. The Kier molecular flexibility index (Phi) is 6.36. The second kappa shape index (κ2) is 8.29. The van der Waals surface area contributed by atoms with Gasteiger partial charge in [-0.15, -0.1) is 11.8 Å². The van der Waals surface area contributed by atoms with E-state index in [1.54, 1.807) is 21.3 Å². The van der Waals surface area contributed by atoms with E-state index in [4.69, 9.17) is 14.2 Å². The standard InChI is InChI=1S/C18H24N2O4S/c1-10(15-11(2)8-14(21)19-20-15)7-12-9-13(22-3)18(25-6)17(24-5)16(12)23-4/h7,9,11H,8H2,1-6H3,(H,19,21). The molecule has 0 fully saturated rings. The Morgan fingerprint density at radius 2 is 1.96 bits per heavy atom. The molecule has 0 aliphatic carbocycles. The van der Waals surface area contributed by atoms with Gasteiger partial charge in [0.2, 0.25) is 5.91 Å². The molecule has 0 saturated heterocycles. The first-order valence-corrected chi connectivity index (χ1v) is 9.11. The number of thioether (sulfide) groups is 1. The number of ether oxygens (including phenoxy) is 3. The largest absolute Gasteiger partial charge is 0.495 e. The predicted octanol–water partition coefficient (Wildman–Crippen LogP) is 3.35. The molecule has 2 rings (SSSR count). The van der Waals surface area contributed by atoms with E-state index in [2.05, 4.69) is 10.5 Å². The van der Waals surface area contributed by atoms with Crippen LogP contribution in [0, 0.1) is 5.92 Å². The minimum Gasteiger partial charge on any atom is -0.495 e. The third kappa shape index (κ3) is 3.92. The van der Waals surface area contributed by atoms with E-state index in [0.717, 1.165) is 27.5 Å². The molecule has 136 valence electrons. The summed E-state index contributed by atoms with van der Waals surface area (Å²) in [5.74, 6) is 2.00. The van der Waals surface area contributed by atoms with Crippen LogP contribution in [0.1, 0.15) is 25.8 Å². The number of carbonyl (C=O) groups excluding carboxylic acids is 1. The molecule has 0 spiro atoms. The summed E-state index contributed by atoms with van der Waals surface area (Å²) >= 11 is 1.54. The van der Waals surface area contributed by atoms with Crippen LogP contribution >= 0.6 is 11.8 Å². The number of nitrogens with one attached hydrogen (secondary N) is 1. The molecule has 1 aromatic carbocycles. The van der Waals surface area contributed by atoms with E-state index in [1.807, 2.05) is 32.2 Å². The molecule has 1 aromatic rings. The van der Waals surface area contributed by atoms with Gasteiger partial charge in [0.15, 0.2) is 11.5 Å². The van der Waals surface area contributed by atoms with Gasteiger partial charge in [0.1, 0.15) is 5.75 Å². The SMILES string of the molecule is COc1cc(C=C(C)C2=NNC(=O)CC2C)c(OC)c(OC)c1SC. The first kappa shape index (κ1) is 19.2. The summed E-state index contributed by atoms with van der Waals surface area (Å²) in [5.41, 5.74) is 5.18. The molecular weight excluding hydrogens is 340 g/mol. The maximum Gasteiger partial charge on any atom is 0.240 e. The summed E-state index contributed by atoms with van der Waals surface area (Å²) in [6, 6.07) is 1.92. The first-order valence-electron chi connectivity index (χ1n) is 7.88. The lowest BCUT2D eigenvalue weighted by Crippen LogP contribution is -2.31. The van der Waals surface area contributed by atoms with Crippen molar-refractivity contribution in [3.63, 3.8) is 0 Å². The van der Waals surface area contributed by atoms with Crippen molar-refractivity contribution < 1.29 is 19.0 Å². The van der Waals surface area contributed by atoms with Gasteiger partial charge < -0.3 is 14.2 Å². The third-order valence-electron chi connectivity index (χ3n) is 4.05. The van der Waals surface area contributed by atoms with Crippen LogP contribution in [0.4, 0.5) is 0 Å². The van der Waals surface area contributed by atoms with Gasteiger partial charge in [-0.1, -0.05) is 6.92 Å². The number of hydrogen-bond acceptors (Lipinski definition) is 6. The van der Waals surface area contributed by atoms with E-state index in [1.165, 1.54) is 11.8 Å². The van der Waals surface area contributed by atoms with Crippen molar-refractivity contribution in [2.75, 3.05) is 27.6 Å². The van der Waals surface area contributed by atoms with Crippen molar-refractivity contribution in [2.24, 2.45) is 11.0 Å². The average molecular weight is 364 g/mol. The van der Waals surface area contributed by atoms with Gasteiger partial charge in [-0.05, 0) is 30.9 Å². The molecule has 0 saturated carbocycles. The molecule has 0 radical (unpaired) electrons. The topological polar surface area (TPSA) is 69.2 Å². The van der Waals surface area contributed by atoms with E-state index in [0.29, 0.717) is 17.9 Å². The molecule has 1 aliphatic heterocycles. The Morgan fingerprint density at radius 3 is 2.48 bits per heavy atom. The number of rotatable bonds is 6. The van der Waals surface area contributed by atoms with Crippen LogP contribution in [-0.4, -0.2) is 39.2 Å². The Hall–Kier alpha value is -2.15. The molecule has 6 nitrogen and oxygen atoms in total. The minimum atomic E-state index is -0.0608. The molecule has 1 amide bonds. The Labute approximate surface area is 152 Å². The second-order valence-electron chi connectivity index (χ2n) is 5.73. The fraction of sp³-hybridized carbons (Fsp3) is 0.444. The van der Waals surface area contributed by atoms with Gasteiger partial charge in [0, 0.05) is 17.9 Å². The maximum atomic E-state index is 11.4. The molecule has 0 bridgehead atoms. The number of hydrogen-bond donors (Lipinski definition) is 1. The van der Waals surface area contributed by atoms with Crippen molar-refractivity contribution in [2.45, 2.75) is 25.2 Å². The smallest absolute Gasteiger partial charge is 0.240 e. The Morgan fingerprint density at radius 1 is 1.28 bits per heavy atom. The molecule has 1 unspecified atom stereocenters. The van der Waals surface area contributed by atoms with Crippen molar-refractivity contribution >= 4 is 29.5 Å². The van der Waals surface area contributed by atoms with Crippen LogP contribution in [0.2, 0.25) is 0 Å². The lowest BCUT2D eigenvalue weighted by atomic mass is 9.93. The molecule has 1 aliphatic rings. The van der Waals surface area contributed by atoms with Crippen molar-refractivity contribution in [3.8, 4) is 17.2 Å². The molecule has 1 N–H and O–H groups in total. The zero-order valence-electron chi connectivity index (χ0n) is 15.4. The summed E-state index contributed by atoms with van der Waals surface area (Å²) < 4.78 is 16.7. The predicted molar refractivity (Wildman–Crippen MR) is 101 cm³/mol. The molecule has 7 heteroatoms. The van der Waals surface area contributed by atoms with Crippen LogP contribution in [-0.2, 0) is 4.79 Å². The number of hydrazone groups is 1. The summed E-state index contributed by atoms with van der Waals surface area (Å²) in [6.45, 7) is 3.96. The van der Waals surface area contributed by atoms with Gasteiger partial charge in [-0.3, -0.25) is 4.79 Å². The Bertz CT molecular complexity index is 728. The summed E-state index contributed by atoms with van der Waals surface area (Å²) in [4.78, 5) is 12.3. The summed E-state index contributed by atoms with van der Waals surface area (Å²) in [6.07, 6.45) is 4.36. The number of nitrogens with zero attached hydrogens (tertiary/aromatic N) is 1. The number of carbonyl (C=O) groups is 1. The highest BCUT2D eigenvalue weighted by molar-refractivity contribution is 7.98. The quantitative estimate of drug-likeness (QED) is 0.784. The number of allylic oxidation sites excluding steroid dienone is 1. The second-order valence-corrected chi connectivity index (χ2v) is 6.55. The normalized spacial score (nSPS) is 17.7. The van der Waals surface area contributed by atoms with Crippen molar-refractivity contribution in [1.29, 1.82) is 0 Å². The van der Waals surface area contributed by atoms with Crippen LogP contribution < -0.4 is 19.6 Å². The van der Waals surface area contributed by atoms with E-state index in [9.17, 15) is 4.79 Å². The first-order chi connectivity index (χ1) is 12.0. The number of benzene rings is 1. The molecule has 25 heavy (non-hydrogen) atoms. The maximum absolute atomic E-state index is 11.4. The fourth-order valence-corrected chi connectivity index (χ4v) is 3.61. The minimum absolute atomic E-state index is 0.0604. The van der Waals surface area contributed by atoms with Crippen molar-refractivity contribution in [1.82, 2.24) is 5.43 Å². The van der Waals surface area contributed by atoms with Crippen LogP contribution in [0.25, 0.3) is 6.08 Å². The molecule has 1 atom stereocenters. The van der Waals surface area contributed by atoms with E-state index in [-0.39, 0.29) is 11.8 Å². The summed E-state index contributed by atoms with van der Waals surface area (Å²) in [7, 11) is 4.85. The zero-order valence-corrected chi connectivity index (χ0v) is 16.2. The van der Waals surface area contributed by atoms with Crippen molar-refractivity contribution in [3.05, 3.63) is 17.2 Å². The number of methoxy groups -OCH3 is 3. The van der Waals surface area contributed by atoms with Gasteiger partial charge in [0.25, 0.3) is 0 Å².